The molecule has 0 radical (unpaired) electrons. The molecule has 1 amide bonds. The zero-order chi connectivity index (χ0) is 18.6. The molecule has 1 aliphatic heterocycles. The second-order valence-corrected chi connectivity index (χ2v) is 6.80. The number of carbonyl (C=O) groups excluding carboxylic acids is 1. The molecule has 0 atom stereocenters. The maximum Gasteiger partial charge on any atom is 0.228 e. The fraction of sp³-hybridized carbons (Fsp3) is 0.286. The number of amides is 1. The van der Waals surface area contributed by atoms with E-state index < -0.39 is 0 Å². The molecule has 0 fully saturated rings. The number of carbonyl (C=O) groups is 1. The van der Waals surface area contributed by atoms with Gasteiger partial charge in [0.1, 0.15) is 11.6 Å². The molecule has 2 heterocycles. The Morgan fingerprint density at radius 1 is 1.07 bits per heavy atom. The van der Waals surface area contributed by atoms with Crippen molar-refractivity contribution in [3.05, 3.63) is 65.7 Å². The van der Waals surface area contributed by atoms with Crippen LogP contribution in [0.25, 0.3) is 11.4 Å². The van der Waals surface area contributed by atoms with E-state index >= 15 is 0 Å². The summed E-state index contributed by atoms with van der Waals surface area (Å²) in [5.74, 6) is 1.23. The third-order valence-electron chi connectivity index (χ3n) is 4.82. The number of hydrogen-bond acceptors (Lipinski definition) is 3. The Morgan fingerprint density at radius 2 is 1.96 bits per heavy atom. The third-order valence-corrected chi connectivity index (χ3v) is 4.82. The first kappa shape index (κ1) is 17.4. The van der Waals surface area contributed by atoms with Gasteiger partial charge >= 0.3 is 0 Å². The molecule has 6 heteroatoms. The van der Waals surface area contributed by atoms with E-state index in [0.717, 1.165) is 43.0 Å². The molecule has 0 spiro atoms. The second kappa shape index (κ2) is 7.70. The Bertz CT molecular complexity index is 966. The molecule has 2 aromatic carbocycles. The second-order valence-electron chi connectivity index (χ2n) is 6.80. The fourth-order valence-corrected chi connectivity index (χ4v) is 3.45. The first-order valence-electron chi connectivity index (χ1n) is 9.26. The molecule has 1 aromatic heterocycles. The number of rotatable bonds is 4. The van der Waals surface area contributed by atoms with Gasteiger partial charge in [0.05, 0.1) is 6.42 Å². The molecule has 1 N–H and O–H groups in total. The van der Waals surface area contributed by atoms with Crippen molar-refractivity contribution < 1.29 is 9.18 Å². The number of aryl methyl sites for hydroxylation is 1. The van der Waals surface area contributed by atoms with Crippen molar-refractivity contribution in [1.82, 2.24) is 14.8 Å². The number of nitrogens with zero attached hydrogens (tertiary/aromatic N) is 3. The predicted octanol–water partition coefficient (Wildman–Crippen LogP) is 3.99. The standard InChI is InChI=1S/C21H21FN4O/c22-18-10-4-3-7-15(18)14-20(27)23-17-9-6-8-16(13-17)21-25-24-19-11-2-1-5-12-26(19)21/h3-4,6-10,13H,1-2,5,11-12,14H2,(H,23,27). The number of benzene rings is 2. The maximum atomic E-state index is 13.7. The highest BCUT2D eigenvalue weighted by molar-refractivity contribution is 5.92. The maximum absolute atomic E-state index is 13.7. The highest BCUT2D eigenvalue weighted by atomic mass is 19.1. The molecule has 1 aliphatic rings. The summed E-state index contributed by atoms with van der Waals surface area (Å²) < 4.78 is 15.9. The summed E-state index contributed by atoms with van der Waals surface area (Å²) in [6.07, 6.45) is 4.42. The van der Waals surface area contributed by atoms with Crippen LogP contribution in [-0.2, 0) is 24.2 Å². The Balaban J connectivity index is 1.52. The molecule has 0 unspecified atom stereocenters. The van der Waals surface area contributed by atoms with E-state index in [1.165, 1.54) is 12.5 Å². The van der Waals surface area contributed by atoms with Gasteiger partial charge in [0, 0.05) is 24.2 Å². The minimum absolute atomic E-state index is 0.00275. The lowest BCUT2D eigenvalue weighted by Crippen LogP contribution is -2.15. The van der Waals surface area contributed by atoms with Crippen molar-refractivity contribution in [3.8, 4) is 11.4 Å². The van der Waals surface area contributed by atoms with Crippen LogP contribution in [0.15, 0.2) is 48.5 Å². The van der Waals surface area contributed by atoms with Gasteiger partial charge in [-0.05, 0) is 36.6 Å². The first-order valence-corrected chi connectivity index (χ1v) is 9.26. The first-order chi connectivity index (χ1) is 13.2. The lowest BCUT2D eigenvalue weighted by Gasteiger charge is -2.10. The number of hydrogen-bond donors (Lipinski definition) is 1. The van der Waals surface area contributed by atoms with Gasteiger partial charge in [-0.15, -0.1) is 10.2 Å². The number of fused-ring (bicyclic) bond motifs is 1. The SMILES string of the molecule is O=C(Cc1ccccc1F)Nc1cccc(-c2nnc3n2CCCCC3)c1. The van der Waals surface area contributed by atoms with Crippen LogP contribution in [0, 0.1) is 5.82 Å². The zero-order valence-electron chi connectivity index (χ0n) is 15.0. The average molecular weight is 364 g/mol. The monoisotopic (exact) mass is 364 g/mol. The van der Waals surface area contributed by atoms with Gasteiger partial charge in [0.2, 0.25) is 5.91 Å². The van der Waals surface area contributed by atoms with E-state index in [1.807, 2.05) is 24.3 Å². The van der Waals surface area contributed by atoms with Crippen LogP contribution in [0.5, 0.6) is 0 Å². The lowest BCUT2D eigenvalue weighted by molar-refractivity contribution is -0.115. The summed E-state index contributed by atoms with van der Waals surface area (Å²) in [5, 5.41) is 11.5. The van der Waals surface area contributed by atoms with Gasteiger partial charge < -0.3 is 9.88 Å². The summed E-state index contributed by atoms with van der Waals surface area (Å²) in [4.78, 5) is 12.3. The van der Waals surface area contributed by atoms with Crippen molar-refractivity contribution in [2.75, 3.05) is 5.32 Å². The molecule has 0 bridgehead atoms. The van der Waals surface area contributed by atoms with Gasteiger partial charge in [0.15, 0.2) is 5.82 Å². The van der Waals surface area contributed by atoms with Gasteiger partial charge in [-0.25, -0.2) is 4.39 Å². The van der Waals surface area contributed by atoms with E-state index in [9.17, 15) is 9.18 Å². The smallest absolute Gasteiger partial charge is 0.228 e. The predicted molar refractivity (Wildman–Crippen MR) is 102 cm³/mol. The molecule has 5 nitrogen and oxygen atoms in total. The summed E-state index contributed by atoms with van der Waals surface area (Å²) in [6, 6.07) is 13.9. The van der Waals surface area contributed by atoms with Crippen LogP contribution in [0.4, 0.5) is 10.1 Å². The van der Waals surface area contributed by atoms with E-state index in [0.29, 0.717) is 11.3 Å². The van der Waals surface area contributed by atoms with E-state index in [1.54, 1.807) is 18.2 Å². The number of aromatic nitrogens is 3. The van der Waals surface area contributed by atoms with Crippen molar-refractivity contribution in [2.24, 2.45) is 0 Å². The molecule has 27 heavy (non-hydrogen) atoms. The highest BCUT2D eigenvalue weighted by Gasteiger charge is 2.16. The molecule has 0 saturated carbocycles. The highest BCUT2D eigenvalue weighted by Crippen LogP contribution is 2.25. The zero-order valence-corrected chi connectivity index (χ0v) is 15.0. The Kier molecular flexibility index (Phi) is 4.96. The number of nitrogens with one attached hydrogen (secondary N) is 1. The number of halogens is 1. The quantitative estimate of drug-likeness (QED) is 0.761. The summed E-state index contributed by atoms with van der Waals surface area (Å²) in [6.45, 7) is 0.918. The minimum atomic E-state index is -0.368. The van der Waals surface area contributed by atoms with Crippen LogP contribution < -0.4 is 5.32 Å². The van der Waals surface area contributed by atoms with Gasteiger partial charge in [-0.3, -0.25) is 4.79 Å². The molecular formula is C21H21FN4O. The van der Waals surface area contributed by atoms with Crippen molar-refractivity contribution in [2.45, 2.75) is 38.6 Å². The normalized spacial score (nSPS) is 13.7. The van der Waals surface area contributed by atoms with E-state index in [-0.39, 0.29) is 18.1 Å². The molecule has 138 valence electrons. The van der Waals surface area contributed by atoms with Crippen LogP contribution in [0.2, 0.25) is 0 Å². The molecule has 0 saturated heterocycles. The average Bonchev–Trinajstić information content (AvgIpc) is 2.92. The van der Waals surface area contributed by atoms with Crippen molar-refractivity contribution in [3.63, 3.8) is 0 Å². The van der Waals surface area contributed by atoms with Crippen LogP contribution in [0.3, 0.4) is 0 Å². The number of anilines is 1. The summed E-state index contributed by atoms with van der Waals surface area (Å²) in [5.41, 5.74) is 1.97. The summed E-state index contributed by atoms with van der Waals surface area (Å²) >= 11 is 0. The van der Waals surface area contributed by atoms with Crippen LogP contribution in [-0.4, -0.2) is 20.7 Å². The van der Waals surface area contributed by atoms with Crippen molar-refractivity contribution >= 4 is 11.6 Å². The van der Waals surface area contributed by atoms with Gasteiger partial charge in [-0.2, -0.15) is 0 Å². The molecule has 4 rings (SSSR count). The Labute approximate surface area is 157 Å². The molecule has 3 aromatic rings. The largest absolute Gasteiger partial charge is 0.326 e. The van der Waals surface area contributed by atoms with Gasteiger partial charge in [0.25, 0.3) is 0 Å². The molecular weight excluding hydrogens is 343 g/mol. The topological polar surface area (TPSA) is 59.8 Å². The van der Waals surface area contributed by atoms with E-state index in [4.69, 9.17) is 0 Å². The van der Waals surface area contributed by atoms with Gasteiger partial charge in [-0.1, -0.05) is 36.8 Å². The Morgan fingerprint density at radius 3 is 2.85 bits per heavy atom. The van der Waals surface area contributed by atoms with Crippen LogP contribution >= 0.6 is 0 Å². The van der Waals surface area contributed by atoms with E-state index in [2.05, 4.69) is 20.1 Å². The van der Waals surface area contributed by atoms with Crippen LogP contribution in [0.1, 0.15) is 30.7 Å². The fourth-order valence-electron chi connectivity index (χ4n) is 3.45. The molecule has 0 aliphatic carbocycles. The minimum Gasteiger partial charge on any atom is -0.326 e. The summed E-state index contributed by atoms with van der Waals surface area (Å²) in [7, 11) is 0. The lowest BCUT2D eigenvalue weighted by atomic mass is 10.1. The Hall–Kier alpha value is -3.02. The third kappa shape index (κ3) is 3.89. The van der Waals surface area contributed by atoms with Crippen molar-refractivity contribution in [1.29, 1.82) is 0 Å².